The molecular weight excluding hydrogens is 465 g/mol. The van der Waals surface area contributed by atoms with Crippen LogP contribution < -0.4 is 19.5 Å². The first-order chi connectivity index (χ1) is 13.7. The van der Waals surface area contributed by atoms with E-state index in [1.54, 1.807) is 13.2 Å². The van der Waals surface area contributed by atoms with Crippen molar-refractivity contribution in [1.29, 1.82) is 0 Å². The van der Waals surface area contributed by atoms with E-state index in [0.717, 1.165) is 37.8 Å². The molecule has 0 fully saturated rings. The summed E-state index contributed by atoms with van der Waals surface area (Å²) in [5.41, 5.74) is 2.12. The van der Waals surface area contributed by atoms with Gasteiger partial charge in [-0.15, -0.1) is 0 Å². The van der Waals surface area contributed by atoms with E-state index in [-0.39, 0.29) is 0 Å². The van der Waals surface area contributed by atoms with E-state index < -0.39 is 0 Å². The highest BCUT2D eigenvalue weighted by molar-refractivity contribution is 14.1. The molecule has 0 aliphatic carbocycles. The molecular formula is C23H22INO3. The third-order valence-corrected chi connectivity index (χ3v) is 4.77. The molecule has 0 aromatic heterocycles. The van der Waals surface area contributed by atoms with Gasteiger partial charge >= 0.3 is 0 Å². The average molecular weight is 487 g/mol. The lowest BCUT2D eigenvalue weighted by atomic mass is 10.2. The third kappa shape index (κ3) is 5.42. The molecule has 0 bridgehead atoms. The van der Waals surface area contributed by atoms with E-state index in [9.17, 15) is 0 Å². The second kappa shape index (κ2) is 10.0. The molecule has 3 aromatic carbocycles. The van der Waals surface area contributed by atoms with Gasteiger partial charge in [-0.25, -0.2) is 0 Å². The first kappa shape index (κ1) is 20.1. The van der Waals surface area contributed by atoms with E-state index in [1.165, 1.54) is 0 Å². The monoisotopic (exact) mass is 487 g/mol. The minimum absolute atomic E-state index is 0.446. The van der Waals surface area contributed by atoms with Gasteiger partial charge in [0.15, 0.2) is 11.5 Å². The first-order valence-electron chi connectivity index (χ1n) is 8.86. The van der Waals surface area contributed by atoms with Crippen molar-refractivity contribution >= 4 is 28.3 Å². The van der Waals surface area contributed by atoms with Crippen LogP contribution in [0.15, 0.2) is 79.4 Å². The summed E-state index contributed by atoms with van der Waals surface area (Å²) in [7, 11) is 1.65. The zero-order chi connectivity index (χ0) is 19.8. The highest BCUT2D eigenvalue weighted by atomic mass is 127. The van der Waals surface area contributed by atoms with Crippen LogP contribution in [-0.2, 0) is 6.54 Å². The van der Waals surface area contributed by atoms with Crippen LogP contribution in [0, 0.1) is 3.57 Å². The molecule has 1 N–H and O–H groups in total. The van der Waals surface area contributed by atoms with Crippen LogP contribution in [0.4, 0.5) is 5.69 Å². The van der Waals surface area contributed by atoms with Crippen LogP contribution in [0.1, 0.15) is 5.56 Å². The standard InChI is InChI=1S/C23H22INO3/c1-3-13-27-23-21(24)14-17(15-22(23)26-2)16-25-18-9-11-20(12-10-18)28-19-7-5-4-6-8-19/h3-12,14-15,25H,1,13,16H2,2H3. The van der Waals surface area contributed by atoms with Crippen LogP contribution in [0.25, 0.3) is 0 Å². The van der Waals surface area contributed by atoms with E-state index in [2.05, 4.69) is 40.6 Å². The fraction of sp³-hybridized carbons (Fsp3) is 0.130. The zero-order valence-electron chi connectivity index (χ0n) is 15.7. The number of nitrogens with one attached hydrogen (secondary N) is 1. The topological polar surface area (TPSA) is 39.7 Å². The van der Waals surface area contributed by atoms with Gasteiger partial charge in [-0.3, -0.25) is 0 Å². The smallest absolute Gasteiger partial charge is 0.174 e. The molecule has 144 valence electrons. The Bertz CT molecular complexity index is 911. The number of methoxy groups -OCH3 is 1. The minimum Gasteiger partial charge on any atom is -0.493 e. The van der Waals surface area contributed by atoms with E-state index >= 15 is 0 Å². The number of ether oxygens (including phenoxy) is 3. The van der Waals surface area contributed by atoms with Crippen LogP contribution in [0.5, 0.6) is 23.0 Å². The number of rotatable bonds is 9. The Morgan fingerprint density at radius 3 is 2.39 bits per heavy atom. The fourth-order valence-corrected chi connectivity index (χ4v) is 3.45. The molecule has 0 saturated heterocycles. The van der Waals surface area contributed by atoms with Crippen molar-refractivity contribution in [3.05, 3.63) is 88.5 Å². The molecule has 4 nitrogen and oxygen atoms in total. The lowest BCUT2D eigenvalue weighted by molar-refractivity contribution is 0.324. The minimum atomic E-state index is 0.446. The van der Waals surface area contributed by atoms with E-state index in [1.807, 2.05) is 60.7 Å². The molecule has 0 spiro atoms. The molecule has 3 rings (SSSR count). The number of benzene rings is 3. The number of anilines is 1. The summed E-state index contributed by atoms with van der Waals surface area (Å²) < 4.78 is 18.0. The van der Waals surface area contributed by atoms with Crippen molar-refractivity contribution in [3.63, 3.8) is 0 Å². The van der Waals surface area contributed by atoms with Gasteiger partial charge in [0.05, 0.1) is 10.7 Å². The summed E-state index contributed by atoms with van der Waals surface area (Å²) in [6, 6.07) is 21.7. The molecule has 0 aliphatic heterocycles. The molecule has 0 aliphatic rings. The predicted molar refractivity (Wildman–Crippen MR) is 122 cm³/mol. The fourth-order valence-electron chi connectivity index (χ4n) is 2.63. The Balaban J connectivity index is 1.63. The summed E-state index contributed by atoms with van der Waals surface area (Å²) in [5, 5.41) is 3.42. The highest BCUT2D eigenvalue weighted by Gasteiger charge is 2.11. The van der Waals surface area contributed by atoms with Crippen LogP contribution in [0.2, 0.25) is 0 Å². The molecule has 0 atom stereocenters. The van der Waals surface area contributed by atoms with Gasteiger partial charge < -0.3 is 19.5 Å². The molecule has 0 unspecified atom stereocenters. The van der Waals surface area contributed by atoms with Crippen molar-refractivity contribution in [1.82, 2.24) is 0 Å². The predicted octanol–water partition coefficient (Wildman–Crippen LogP) is 6.27. The maximum absolute atomic E-state index is 5.82. The molecule has 5 heteroatoms. The number of halogens is 1. The van der Waals surface area contributed by atoms with Gasteiger partial charge in [-0.1, -0.05) is 30.9 Å². The van der Waals surface area contributed by atoms with Crippen molar-refractivity contribution in [2.75, 3.05) is 19.0 Å². The molecule has 28 heavy (non-hydrogen) atoms. The quantitative estimate of drug-likeness (QED) is 0.285. The van der Waals surface area contributed by atoms with Gasteiger partial charge in [0.2, 0.25) is 0 Å². The molecule has 0 heterocycles. The number of hydrogen-bond acceptors (Lipinski definition) is 4. The largest absolute Gasteiger partial charge is 0.493 e. The van der Waals surface area contributed by atoms with Crippen molar-refractivity contribution < 1.29 is 14.2 Å². The number of para-hydroxylation sites is 1. The Morgan fingerprint density at radius 1 is 1.00 bits per heavy atom. The second-order valence-corrected chi connectivity index (χ2v) is 7.16. The number of hydrogen-bond donors (Lipinski definition) is 1. The van der Waals surface area contributed by atoms with Crippen molar-refractivity contribution in [2.45, 2.75) is 6.54 Å². The summed E-state index contributed by atoms with van der Waals surface area (Å²) >= 11 is 2.26. The van der Waals surface area contributed by atoms with Crippen LogP contribution >= 0.6 is 22.6 Å². The highest BCUT2D eigenvalue weighted by Crippen LogP contribution is 2.34. The van der Waals surface area contributed by atoms with E-state index in [0.29, 0.717) is 13.2 Å². The van der Waals surface area contributed by atoms with Crippen molar-refractivity contribution in [2.24, 2.45) is 0 Å². The maximum Gasteiger partial charge on any atom is 0.174 e. The third-order valence-electron chi connectivity index (χ3n) is 3.96. The first-order valence-corrected chi connectivity index (χ1v) is 9.94. The summed E-state index contributed by atoms with van der Waals surface area (Å²) in [5.74, 6) is 3.09. The normalized spacial score (nSPS) is 10.2. The average Bonchev–Trinajstić information content (AvgIpc) is 2.73. The van der Waals surface area contributed by atoms with Crippen molar-refractivity contribution in [3.8, 4) is 23.0 Å². The maximum atomic E-state index is 5.82. The molecule has 3 aromatic rings. The molecule has 0 saturated carbocycles. The SMILES string of the molecule is C=CCOc1c(I)cc(CNc2ccc(Oc3ccccc3)cc2)cc1OC. The van der Waals surface area contributed by atoms with Gasteiger partial charge in [0.25, 0.3) is 0 Å². The van der Waals surface area contributed by atoms with Gasteiger partial charge in [0.1, 0.15) is 18.1 Å². The summed E-state index contributed by atoms with van der Waals surface area (Å²) in [6.07, 6.45) is 1.72. The summed E-state index contributed by atoms with van der Waals surface area (Å²) in [6.45, 7) is 4.80. The lowest BCUT2D eigenvalue weighted by Gasteiger charge is -2.14. The zero-order valence-corrected chi connectivity index (χ0v) is 17.8. The Morgan fingerprint density at radius 2 is 1.71 bits per heavy atom. The van der Waals surface area contributed by atoms with E-state index in [4.69, 9.17) is 14.2 Å². The Labute approximate surface area is 179 Å². The van der Waals surface area contributed by atoms with Crippen LogP contribution in [0.3, 0.4) is 0 Å². The van der Waals surface area contributed by atoms with Gasteiger partial charge in [-0.2, -0.15) is 0 Å². The van der Waals surface area contributed by atoms with Gasteiger partial charge in [-0.05, 0) is 76.7 Å². The van der Waals surface area contributed by atoms with Gasteiger partial charge in [0, 0.05) is 12.2 Å². The molecule has 0 radical (unpaired) electrons. The Kier molecular flexibility index (Phi) is 7.19. The molecule has 0 amide bonds. The lowest BCUT2D eigenvalue weighted by Crippen LogP contribution is -2.03. The second-order valence-electron chi connectivity index (χ2n) is 6.00. The van der Waals surface area contributed by atoms with Crippen LogP contribution in [-0.4, -0.2) is 13.7 Å². The Hall–Kier alpha value is -2.67. The summed E-state index contributed by atoms with van der Waals surface area (Å²) in [4.78, 5) is 0.